The molecule has 0 saturated carbocycles. The molecule has 0 unspecified atom stereocenters. The second-order valence-electron chi connectivity index (χ2n) is 4.35. The van der Waals surface area contributed by atoms with Gasteiger partial charge in [-0.25, -0.2) is 4.39 Å². The van der Waals surface area contributed by atoms with Crippen molar-refractivity contribution >= 4 is 28.8 Å². The molecular formula is C15H13FN2OS. The molecule has 102 valence electrons. The van der Waals surface area contributed by atoms with Crippen LogP contribution < -0.4 is 11.1 Å². The van der Waals surface area contributed by atoms with Crippen LogP contribution in [0.4, 0.5) is 10.1 Å². The summed E-state index contributed by atoms with van der Waals surface area (Å²) in [6.07, 6.45) is 0. The molecule has 0 aromatic heterocycles. The first-order chi connectivity index (χ1) is 9.47. The Labute approximate surface area is 121 Å². The molecule has 20 heavy (non-hydrogen) atoms. The van der Waals surface area contributed by atoms with Crippen LogP contribution in [-0.2, 0) is 0 Å². The van der Waals surface area contributed by atoms with E-state index in [1.54, 1.807) is 37.3 Å². The number of aryl methyl sites for hydroxylation is 1. The lowest BCUT2D eigenvalue weighted by Crippen LogP contribution is -2.14. The highest BCUT2D eigenvalue weighted by Crippen LogP contribution is 2.14. The van der Waals surface area contributed by atoms with Gasteiger partial charge in [-0.05, 0) is 48.9 Å². The van der Waals surface area contributed by atoms with E-state index >= 15 is 0 Å². The fraction of sp³-hybridized carbons (Fsp3) is 0.0667. The van der Waals surface area contributed by atoms with Crippen LogP contribution in [-0.4, -0.2) is 10.9 Å². The zero-order valence-electron chi connectivity index (χ0n) is 10.8. The summed E-state index contributed by atoms with van der Waals surface area (Å²) in [6.45, 7) is 1.75. The third-order valence-electron chi connectivity index (χ3n) is 2.87. The van der Waals surface area contributed by atoms with Crippen molar-refractivity contribution in [2.45, 2.75) is 6.92 Å². The quantitative estimate of drug-likeness (QED) is 0.854. The van der Waals surface area contributed by atoms with Crippen molar-refractivity contribution in [3.05, 3.63) is 65.0 Å². The third-order valence-corrected chi connectivity index (χ3v) is 3.11. The maximum atomic E-state index is 13.2. The van der Waals surface area contributed by atoms with Gasteiger partial charge in [0.25, 0.3) is 5.91 Å². The number of nitrogens with two attached hydrogens (primary N) is 1. The van der Waals surface area contributed by atoms with Crippen molar-refractivity contribution in [2.75, 3.05) is 5.32 Å². The number of halogens is 1. The summed E-state index contributed by atoms with van der Waals surface area (Å²) >= 11 is 4.85. The normalized spacial score (nSPS) is 10.1. The molecule has 0 spiro atoms. The molecule has 0 bridgehead atoms. The highest BCUT2D eigenvalue weighted by molar-refractivity contribution is 7.80. The van der Waals surface area contributed by atoms with E-state index in [9.17, 15) is 9.18 Å². The molecule has 2 rings (SSSR count). The van der Waals surface area contributed by atoms with E-state index in [0.29, 0.717) is 21.8 Å². The zero-order valence-corrected chi connectivity index (χ0v) is 11.6. The van der Waals surface area contributed by atoms with Gasteiger partial charge in [-0.1, -0.05) is 18.3 Å². The van der Waals surface area contributed by atoms with Crippen molar-refractivity contribution in [2.24, 2.45) is 5.73 Å². The summed E-state index contributed by atoms with van der Waals surface area (Å²) in [5.41, 5.74) is 7.83. The molecule has 0 atom stereocenters. The molecule has 0 radical (unpaired) electrons. The van der Waals surface area contributed by atoms with Gasteiger partial charge in [0.05, 0.1) is 0 Å². The Morgan fingerprint density at radius 1 is 1.20 bits per heavy atom. The molecule has 0 aliphatic rings. The van der Waals surface area contributed by atoms with Crippen molar-refractivity contribution in [1.82, 2.24) is 0 Å². The highest BCUT2D eigenvalue weighted by Gasteiger charge is 2.10. The smallest absolute Gasteiger partial charge is 0.256 e. The Hall–Kier alpha value is -2.27. The first-order valence-electron chi connectivity index (χ1n) is 5.95. The second kappa shape index (κ2) is 5.79. The van der Waals surface area contributed by atoms with E-state index in [2.05, 4.69) is 5.32 Å². The van der Waals surface area contributed by atoms with Crippen LogP contribution >= 0.6 is 12.2 Å². The van der Waals surface area contributed by atoms with Crippen molar-refractivity contribution in [1.29, 1.82) is 0 Å². The van der Waals surface area contributed by atoms with E-state index in [1.807, 2.05) is 0 Å². The van der Waals surface area contributed by atoms with Gasteiger partial charge in [0, 0.05) is 16.8 Å². The number of anilines is 1. The Balaban J connectivity index is 2.19. The number of benzene rings is 2. The number of carbonyl (C=O) groups is 1. The van der Waals surface area contributed by atoms with Gasteiger partial charge >= 0.3 is 0 Å². The molecule has 0 aliphatic carbocycles. The van der Waals surface area contributed by atoms with Crippen molar-refractivity contribution < 1.29 is 9.18 Å². The standard InChI is InChI=1S/C15H13FN2OS/c1-9-2-5-11(16)8-13(9)15(19)18-12-6-3-10(4-7-12)14(17)20/h2-8H,1H3,(H2,17,20)(H,18,19). The summed E-state index contributed by atoms with van der Waals surface area (Å²) < 4.78 is 13.2. The molecule has 2 aromatic carbocycles. The van der Waals surface area contributed by atoms with Crippen LogP contribution in [0.15, 0.2) is 42.5 Å². The number of hydrogen-bond donors (Lipinski definition) is 2. The van der Waals surface area contributed by atoms with Gasteiger partial charge in [-0.2, -0.15) is 0 Å². The van der Waals surface area contributed by atoms with E-state index in [1.165, 1.54) is 12.1 Å². The number of thiocarbonyl (C=S) groups is 1. The lowest BCUT2D eigenvalue weighted by molar-refractivity contribution is 0.102. The molecule has 3 N–H and O–H groups in total. The van der Waals surface area contributed by atoms with Crippen LogP contribution in [0, 0.1) is 12.7 Å². The van der Waals surface area contributed by atoms with Crippen molar-refractivity contribution in [3.63, 3.8) is 0 Å². The summed E-state index contributed by atoms with van der Waals surface area (Å²) in [5, 5.41) is 2.70. The molecule has 1 amide bonds. The van der Waals surface area contributed by atoms with E-state index in [-0.39, 0.29) is 5.91 Å². The minimum Gasteiger partial charge on any atom is -0.389 e. The molecule has 2 aromatic rings. The summed E-state index contributed by atoms with van der Waals surface area (Å²) in [7, 11) is 0. The first-order valence-corrected chi connectivity index (χ1v) is 6.35. The first kappa shape index (κ1) is 14.1. The Morgan fingerprint density at radius 3 is 2.45 bits per heavy atom. The number of carbonyl (C=O) groups excluding carboxylic acids is 1. The number of amides is 1. The zero-order chi connectivity index (χ0) is 14.7. The van der Waals surface area contributed by atoms with E-state index < -0.39 is 5.82 Å². The fourth-order valence-electron chi connectivity index (χ4n) is 1.76. The average Bonchev–Trinajstić information content (AvgIpc) is 2.42. The SMILES string of the molecule is Cc1ccc(F)cc1C(=O)Nc1ccc(C(N)=S)cc1. The van der Waals surface area contributed by atoms with Gasteiger partial charge in [0.1, 0.15) is 10.8 Å². The minimum atomic E-state index is -0.440. The maximum Gasteiger partial charge on any atom is 0.256 e. The van der Waals surface area contributed by atoms with E-state index in [4.69, 9.17) is 18.0 Å². The van der Waals surface area contributed by atoms with Crippen LogP contribution in [0.3, 0.4) is 0 Å². The van der Waals surface area contributed by atoms with Gasteiger partial charge in [0.15, 0.2) is 0 Å². The monoisotopic (exact) mass is 288 g/mol. The molecular weight excluding hydrogens is 275 g/mol. The molecule has 5 heteroatoms. The van der Waals surface area contributed by atoms with Crippen molar-refractivity contribution in [3.8, 4) is 0 Å². The van der Waals surface area contributed by atoms with Gasteiger partial charge in [-0.3, -0.25) is 4.79 Å². The maximum absolute atomic E-state index is 13.2. The number of nitrogens with one attached hydrogen (secondary N) is 1. The van der Waals surface area contributed by atoms with Crippen LogP contribution in [0.1, 0.15) is 21.5 Å². The molecule has 0 aliphatic heterocycles. The lowest BCUT2D eigenvalue weighted by atomic mass is 10.1. The van der Waals surface area contributed by atoms with Gasteiger partial charge in [-0.15, -0.1) is 0 Å². The second-order valence-corrected chi connectivity index (χ2v) is 4.79. The Kier molecular flexibility index (Phi) is 4.10. The molecule has 0 saturated heterocycles. The van der Waals surface area contributed by atoms with Crippen LogP contribution in [0.5, 0.6) is 0 Å². The summed E-state index contributed by atoms with van der Waals surface area (Å²) in [6, 6.07) is 10.9. The topological polar surface area (TPSA) is 55.1 Å². The Morgan fingerprint density at radius 2 is 1.85 bits per heavy atom. The van der Waals surface area contributed by atoms with Gasteiger partial charge < -0.3 is 11.1 Å². The van der Waals surface area contributed by atoms with Crippen LogP contribution in [0.2, 0.25) is 0 Å². The summed E-state index contributed by atoms with van der Waals surface area (Å²) in [4.78, 5) is 12.4. The minimum absolute atomic E-state index is 0.295. The number of rotatable bonds is 3. The summed E-state index contributed by atoms with van der Waals surface area (Å²) in [5.74, 6) is -0.797. The lowest BCUT2D eigenvalue weighted by Gasteiger charge is -2.08. The van der Waals surface area contributed by atoms with Crippen LogP contribution in [0.25, 0.3) is 0 Å². The predicted molar refractivity (Wildman–Crippen MR) is 81.4 cm³/mol. The molecule has 3 nitrogen and oxygen atoms in total. The number of hydrogen-bond acceptors (Lipinski definition) is 2. The molecule has 0 heterocycles. The molecule has 0 fully saturated rings. The predicted octanol–water partition coefficient (Wildman–Crippen LogP) is 3.02. The fourth-order valence-corrected chi connectivity index (χ4v) is 1.89. The third kappa shape index (κ3) is 3.19. The highest BCUT2D eigenvalue weighted by atomic mass is 32.1. The van der Waals surface area contributed by atoms with E-state index in [0.717, 1.165) is 5.56 Å². The largest absolute Gasteiger partial charge is 0.389 e. The van der Waals surface area contributed by atoms with Gasteiger partial charge in [0.2, 0.25) is 0 Å². The Bertz CT molecular complexity index is 668. The average molecular weight is 288 g/mol.